The minimum absolute atomic E-state index is 0.536. The van der Waals surface area contributed by atoms with Crippen molar-refractivity contribution in [1.29, 1.82) is 0 Å². The minimum Gasteiger partial charge on any atom is -0.388 e. The third kappa shape index (κ3) is 2.94. The van der Waals surface area contributed by atoms with Gasteiger partial charge >= 0.3 is 0 Å². The van der Waals surface area contributed by atoms with Crippen molar-refractivity contribution in [2.45, 2.75) is 46.3 Å². The Morgan fingerprint density at radius 2 is 2.15 bits per heavy atom. The van der Waals surface area contributed by atoms with Crippen LogP contribution in [-0.2, 0) is 19.4 Å². The summed E-state index contributed by atoms with van der Waals surface area (Å²) < 4.78 is 2.93. The van der Waals surface area contributed by atoms with Crippen molar-refractivity contribution < 1.29 is 5.11 Å². The van der Waals surface area contributed by atoms with Gasteiger partial charge in [-0.25, -0.2) is 0 Å². The van der Waals surface area contributed by atoms with Crippen molar-refractivity contribution in [1.82, 2.24) is 14.8 Å². The summed E-state index contributed by atoms with van der Waals surface area (Å²) in [5.41, 5.74) is 4.04. The van der Waals surface area contributed by atoms with E-state index in [1.54, 1.807) is 6.20 Å². The summed E-state index contributed by atoms with van der Waals surface area (Å²) in [5.74, 6) is 0. The molecule has 0 radical (unpaired) electrons. The third-order valence-corrected chi connectivity index (χ3v) is 4.55. The Morgan fingerprint density at radius 1 is 1.40 bits per heavy atom. The van der Waals surface area contributed by atoms with E-state index in [-0.39, 0.29) is 0 Å². The van der Waals surface area contributed by atoms with Crippen molar-refractivity contribution in [2.24, 2.45) is 0 Å². The fourth-order valence-corrected chi connectivity index (χ4v) is 2.86. The molecule has 0 aliphatic rings. The average Bonchev–Trinajstić information content (AvgIpc) is 2.74. The van der Waals surface area contributed by atoms with Gasteiger partial charge in [0.15, 0.2) is 0 Å². The average molecular weight is 338 g/mol. The lowest BCUT2D eigenvalue weighted by molar-refractivity contribution is 0.174. The van der Waals surface area contributed by atoms with Crippen LogP contribution < -0.4 is 0 Å². The minimum atomic E-state index is -0.536. The van der Waals surface area contributed by atoms with E-state index in [4.69, 9.17) is 0 Å². The van der Waals surface area contributed by atoms with Crippen LogP contribution in [0.1, 0.15) is 42.5 Å². The molecule has 0 bridgehead atoms. The maximum absolute atomic E-state index is 10.5. The highest BCUT2D eigenvalue weighted by Crippen LogP contribution is 2.27. The number of hydrogen-bond donors (Lipinski definition) is 1. The van der Waals surface area contributed by atoms with E-state index in [0.717, 1.165) is 40.0 Å². The highest BCUT2D eigenvalue weighted by Gasteiger charge is 2.18. The maximum atomic E-state index is 10.5. The van der Waals surface area contributed by atoms with Crippen LogP contribution in [0.3, 0.4) is 0 Å². The van der Waals surface area contributed by atoms with Crippen LogP contribution in [0, 0.1) is 6.92 Å². The van der Waals surface area contributed by atoms with E-state index in [2.05, 4.69) is 39.9 Å². The van der Waals surface area contributed by atoms with Gasteiger partial charge in [0.1, 0.15) is 0 Å². The summed E-state index contributed by atoms with van der Waals surface area (Å²) in [6.07, 6.45) is 4.44. The Balaban J connectivity index is 2.30. The molecule has 2 aromatic heterocycles. The fourth-order valence-electron chi connectivity index (χ4n) is 2.42. The van der Waals surface area contributed by atoms with E-state index in [9.17, 15) is 5.11 Å². The molecule has 1 unspecified atom stereocenters. The first-order valence-electron chi connectivity index (χ1n) is 6.91. The van der Waals surface area contributed by atoms with Crippen molar-refractivity contribution in [3.05, 3.63) is 45.4 Å². The van der Waals surface area contributed by atoms with Crippen LogP contribution in [0.5, 0.6) is 0 Å². The molecule has 0 saturated heterocycles. The molecule has 0 aliphatic heterocycles. The van der Waals surface area contributed by atoms with E-state index >= 15 is 0 Å². The van der Waals surface area contributed by atoms with Gasteiger partial charge in [0.2, 0.25) is 0 Å². The number of aliphatic hydroxyl groups is 1. The summed E-state index contributed by atoms with van der Waals surface area (Å²) in [6.45, 7) is 6.89. The highest BCUT2D eigenvalue weighted by molar-refractivity contribution is 9.10. The number of halogens is 1. The molecule has 2 heterocycles. The topological polar surface area (TPSA) is 50.9 Å². The Hall–Kier alpha value is -1.20. The van der Waals surface area contributed by atoms with Crippen LogP contribution in [0.4, 0.5) is 0 Å². The second kappa shape index (κ2) is 6.50. The number of nitrogens with zero attached hydrogens (tertiary/aromatic N) is 3. The lowest BCUT2D eigenvalue weighted by Gasteiger charge is -2.15. The highest BCUT2D eigenvalue weighted by atomic mass is 79.9. The summed E-state index contributed by atoms with van der Waals surface area (Å²) in [7, 11) is 0. The first kappa shape index (κ1) is 15.2. The van der Waals surface area contributed by atoms with Gasteiger partial charge in [0.05, 0.1) is 22.0 Å². The number of aliphatic hydroxyl groups excluding tert-OH is 1. The summed E-state index contributed by atoms with van der Waals surface area (Å²) in [4.78, 5) is 4.12. The number of aryl methyl sites for hydroxylation is 3. The van der Waals surface area contributed by atoms with Crippen molar-refractivity contribution in [3.8, 4) is 0 Å². The summed E-state index contributed by atoms with van der Waals surface area (Å²) in [5, 5.41) is 15.0. The molecule has 0 fully saturated rings. The van der Waals surface area contributed by atoms with Gasteiger partial charge in [0, 0.05) is 25.4 Å². The first-order valence-corrected chi connectivity index (χ1v) is 7.70. The van der Waals surface area contributed by atoms with Gasteiger partial charge in [-0.2, -0.15) is 5.10 Å². The number of pyridine rings is 1. The molecule has 2 rings (SSSR count). The van der Waals surface area contributed by atoms with Gasteiger partial charge in [-0.3, -0.25) is 9.67 Å². The molecular weight excluding hydrogens is 318 g/mol. The Labute approximate surface area is 128 Å². The first-order chi connectivity index (χ1) is 9.58. The normalized spacial score (nSPS) is 12.7. The standard InChI is InChI=1S/C15H20BrN3O/c1-4-11-9-17-7-6-12(11)14(20)8-13-15(16)10(3)18-19(13)5-2/h6-7,9,14,20H,4-5,8H2,1-3H3. The largest absolute Gasteiger partial charge is 0.388 e. The quantitative estimate of drug-likeness (QED) is 0.911. The zero-order valence-electron chi connectivity index (χ0n) is 12.1. The van der Waals surface area contributed by atoms with Crippen molar-refractivity contribution in [3.63, 3.8) is 0 Å². The fraction of sp³-hybridized carbons (Fsp3) is 0.467. The smallest absolute Gasteiger partial charge is 0.0849 e. The Bertz CT molecular complexity index is 595. The summed E-state index contributed by atoms with van der Waals surface area (Å²) >= 11 is 3.57. The molecule has 4 nitrogen and oxygen atoms in total. The summed E-state index contributed by atoms with van der Waals surface area (Å²) in [6, 6.07) is 1.90. The molecule has 2 aromatic rings. The number of hydrogen-bond acceptors (Lipinski definition) is 3. The molecule has 5 heteroatoms. The lowest BCUT2D eigenvalue weighted by Crippen LogP contribution is -2.10. The van der Waals surface area contributed by atoms with Gasteiger partial charge in [-0.05, 0) is 53.4 Å². The van der Waals surface area contributed by atoms with E-state index in [0.29, 0.717) is 6.42 Å². The van der Waals surface area contributed by atoms with Gasteiger partial charge in [-0.15, -0.1) is 0 Å². The molecule has 0 aliphatic carbocycles. The van der Waals surface area contributed by atoms with Gasteiger partial charge in [0.25, 0.3) is 0 Å². The monoisotopic (exact) mass is 337 g/mol. The molecule has 1 atom stereocenters. The number of rotatable bonds is 5. The van der Waals surface area contributed by atoms with Crippen LogP contribution in [0.2, 0.25) is 0 Å². The number of aromatic nitrogens is 3. The van der Waals surface area contributed by atoms with E-state index in [1.165, 1.54) is 0 Å². The third-order valence-electron chi connectivity index (χ3n) is 3.52. The Morgan fingerprint density at radius 3 is 2.80 bits per heavy atom. The van der Waals surface area contributed by atoms with Crippen LogP contribution >= 0.6 is 15.9 Å². The van der Waals surface area contributed by atoms with Gasteiger partial charge in [-0.1, -0.05) is 6.92 Å². The van der Waals surface area contributed by atoms with E-state index < -0.39 is 6.10 Å². The van der Waals surface area contributed by atoms with Crippen molar-refractivity contribution >= 4 is 15.9 Å². The molecule has 0 spiro atoms. The molecule has 20 heavy (non-hydrogen) atoms. The van der Waals surface area contributed by atoms with Gasteiger partial charge < -0.3 is 5.11 Å². The zero-order chi connectivity index (χ0) is 14.7. The Kier molecular flexibility index (Phi) is 4.94. The predicted octanol–water partition coefficient (Wildman–Crippen LogP) is 3.21. The van der Waals surface area contributed by atoms with Crippen LogP contribution in [0.25, 0.3) is 0 Å². The van der Waals surface area contributed by atoms with Crippen LogP contribution in [0.15, 0.2) is 22.9 Å². The van der Waals surface area contributed by atoms with Crippen LogP contribution in [-0.4, -0.2) is 19.9 Å². The molecule has 0 amide bonds. The maximum Gasteiger partial charge on any atom is 0.0849 e. The zero-order valence-corrected chi connectivity index (χ0v) is 13.7. The molecule has 108 valence electrons. The predicted molar refractivity (Wildman–Crippen MR) is 82.6 cm³/mol. The SMILES string of the molecule is CCc1cnccc1C(O)Cc1c(Br)c(C)nn1CC. The van der Waals surface area contributed by atoms with E-state index in [1.807, 2.05) is 23.9 Å². The molecule has 1 N–H and O–H groups in total. The molecule has 0 aromatic carbocycles. The molecular formula is C15H20BrN3O. The molecule has 0 saturated carbocycles. The second-order valence-electron chi connectivity index (χ2n) is 4.81. The second-order valence-corrected chi connectivity index (χ2v) is 5.60. The van der Waals surface area contributed by atoms with Crippen molar-refractivity contribution in [2.75, 3.05) is 0 Å². The lowest BCUT2D eigenvalue weighted by atomic mass is 9.99.